The molecule has 0 bridgehead atoms. The van der Waals surface area contributed by atoms with Crippen LogP contribution in [0.3, 0.4) is 0 Å². The van der Waals surface area contributed by atoms with Gasteiger partial charge in [-0.15, -0.1) is 0 Å². The van der Waals surface area contributed by atoms with Gasteiger partial charge in [0.2, 0.25) is 5.91 Å². The molecule has 0 amide bonds. The summed E-state index contributed by atoms with van der Waals surface area (Å²) in [4.78, 5) is 11.3. The number of aromatic hydroxyl groups is 1. The maximum absolute atomic E-state index is 11.3. The second-order valence-electron chi connectivity index (χ2n) is 3.16. The fraction of sp³-hybridized carbons (Fsp3) is 0.100. The molecule has 1 heterocycles. The number of fused-ring (bicyclic) bond motifs is 1. The third-order valence-electron chi connectivity index (χ3n) is 2.18. The lowest BCUT2D eigenvalue weighted by molar-refractivity contribution is 0.0941. The molecule has 0 unspecified atom stereocenters. The van der Waals surface area contributed by atoms with Crippen LogP contribution in [0.5, 0.6) is 5.75 Å². The highest BCUT2D eigenvalue weighted by Gasteiger charge is 2.14. The molecule has 0 radical (unpaired) electrons. The maximum atomic E-state index is 11.3. The van der Waals surface area contributed by atoms with Gasteiger partial charge in [0.25, 0.3) is 0 Å². The zero-order valence-corrected chi connectivity index (χ0v) is 10.1. The Morgan fingerprint density at radius 1 is 1.53 bits per heavy atom. The van der Waals surface area contributed by atoms with Crippen molar-refractivity contribution in [2.45, 2.75) is 6.92 Å². The number of benzene rings is 1. The average molecular weight is 289 g/mol. The Hall–Kier alpha value is -1.000. The fourth-order valence-electron chi connectivity index (χ4n) is 1.50. The minimum absolute atomic E-state index is 0.00602. The molecule has 0 aliphatic rings. The van der Waals surface area contributed by atoms with Gasteiger partial charge in [0.1, 0.15) is 5.75 Å². The van der Waals surface area contributed by atoms with Gasteiger partial charge in [-0.05, 0) is 28.1 Å². The van der Waals surface area contributed by atoms with Gasteiger partial charge in [0, 0.05) is 11.4 Å². The summed E-state index contributed by atoms with van der Waals surface area (Å²) in [6.07, 6.45) is 1.37. The summed E-state index contributed by atoms with van der Waals surface area (Å²) in [5, 5.41) is 10.6. The van der Waals surface area contributed by atoms with Crippen molar-refractivity contribution >= 4 is 44.3 Å². The van der Waals surface area contributed by atoms with Crippen LogP contribution in [0.2, 0.25) is 5.02 Å². The highest BCUT2D eigenvalue weighted by atomic mass is 79.9. The van der Waals surface area contributed by atoms with Crippen LogP contribution in [0.15, 0.2) is 22.8 Å². The van der Waals surface area contributed by atoms with Crippen molar-refractivity contribution in [3.8, 4) is 5.75 Å². The lowest BCUT2D eigenvalue weighted by Gasteiger charge is -2.00. The maximum Gasteiger partial charge on any atom is 0.228 e. The smallest absolute Gasteiger partial charge is 0.228 e. The van der Waals surface area contributed by atoms with Crippen molar-refractivity contribution in [3.63, 3.8) is 0 Å². The molecule has 0 saturated carbocycles. The molecule has 5 heteroatoms. The average Bonchev–Trinajstić information content (AvgIpc) is 2.50. The molecule has 0 aliphatic heterocycles. The highest BCUT2D eigenvalue weighted by Crippen LogP contribution is 2.37. The molecule has 1 N–H and O–H groups in total. The zero-order valence-electron chi connectivity index (χ0n) is 7.79. The number of nitrogens with zero attached hydrogens (tertiary/aromatic N) is 1. The second-order valence-corrected chi connectivity index (χ2v) is 4.39. The van der Waals surface area contributed by atoms with E-state index in [2.05, 4.69) is 15.9 Å². The topological polar surface area (TPSA) is 42.2 Å². The van der Waals surface area contributed by atoms with E-state index in [1.807, 2.05) is 0 Å². The molecule has 2 aromatic rings. The lowest BCUT2D eigenvalue weighted by Crippen LogP contribution is -2.02. The third-order valence-corrected chi connectivity index (χ3v) is 3.46. The van der Waals surface area contributed by atoms with E-state index in [9.17, 15) is 9.90 Å². The summed E-state index contributed by atoms with van der Waals surface area (Å²) in [5.41, 5.74) is 0.605. The van der Waals surface area contributed by atoms with Gasteiger partial charge in [-0.1, -0.05) is 11.6 Å². The van der Waals surface area contributed by atoms with Crippen LogP contribution in [0.1, 0.15) is 11.7 Å². The molecule has 0 saturated heterocycles. The standard InChI is InChI=1S/C10H7BrClNO2/c1-5(14)13-4-8(15)9-7(13)3-2-6(11)10(9)12/h2-4,15H,1H3. The number of hydrogen-bond donors (Lipinski definition) is 1. The largest absolute Gasteiger partial charge is 0.506 e. The molecular weight excluding hydrogens is 281 g/mol. The third kappa shape index (κ3) is 1.54. The minimum Gasteiger partial charge on any atom is -0.506 e. The van der Waals surface area contributed by atoms with Crippen LogP contribution in [-0.4, -0.2) is 15.6 Å². The van der Waals surface area contributed by atoms with Crippen molar-refractivity contribution in [1.29, 1.82) is 0 Å². The van der Waals surface area contributed by atoms with Crippen LogP contribution in [0, 0.1) is 0 Å². The summed E-state index contributed by atoms with van der Waals surface area (Å²) in [7, 11) is 0. The Labute approximate surface area is 99.4 Å². The summed E-state index contributed by atoms with van der Waals surface area (Å²) in [5.74, 6) is -0.162. The monoisotopic (exact) mass is 287 g/mol. The molecule has 1 aromatic carbocycles. The second kappa shape index (κ2) is 3.54. The summed E-state index contributed by atoms with van der Waals surface area (Å²) in [6, 6.07) is 3.47. The molecule has 0 aliphatic carbocycles. The number of carbonyl (C=O) groups is 1. The molecule has 1 aromatic heterocycles. The fourth-order valence-corrected chi connectivity index (χ4v) is 2.09. The molecular formula is C10H7BrClNO2. The minimum atomic E-state index is -0.168. The van der Waals surface area contributed by atoms with Crippen LogP contribution < -0.4 is 0 Å². The van der Waals surface area contributed by atoms with Gasteiger partial charge in [-0.2, -0.15) is 0 Å². The van der Waals surface area contributed by atoms with E-state index < -0.39 is 0 Å². The molecule has 78 valence electrons. The predicted molar refractivity (Wildman–Crippen MR) is 62.6 cm³/mol. The van der Waals surface area contributed by atoms with Crippen molar-refractivity contribution < 1.29 is 9.90 Å². The van der Waals surface area contributed by atoms with Gasteiger partial charge in [0.05, 0.1) is 22.1 Å². The molecule has 0 fully saturated rings. The lowest BCUT2D eigenvalue weighted by atomic mass is 10.2. The Morgan fingerprint density at radius 3 is 2.80 bits per heavy atom. The van der Waals surface area contributed by atoms with Crippen molar-refractivity contribution in [3.05, 3.63) is 27.8 Å². The molecule has 3 nitrogen and oxygen atoms in total. The normalized spacial score (nSPS) is 10.9. The summed E-state index contributed by atoms with van der Waals surface area (Å²) < 4.78 is 2.05. The molecule has 2 rings (SSSR count). The number of hydrogen-bond acceptors (Lipinski definition) is 2. The molecule has 0 spiro atoms. The van der Waals surface area contributed by atoms with E-state index in [0.717, 1.165) is 0 Å². The van der Waals surface area contributed by atoms with E-state index in [1.54, 1.807) is 12.1 Å². The van der Waals surface area contributed by atoms with Gasteiger partial charge < -0.3 is 5.11 Å². The van der Waals surface area contributed by atoms with E-state index in [-0.39, 0.29) is 11.7 Å². The number of carbonyl (C=O) groups excluding carboxylic acids is 1. The first-order valence-corrected chi connectivity index (χ1v) is 5.38. The first-order chi connectivity index (χ1) is 7.02. The summed E-state index contributed by atoms with van der Waals surface area (Å²) in [6.45, 7) is 1.43. The first-order valence-electron chi connectivity index (χ1n) is 4.21. The van der Waals surface area contributed by atoms with Crippen molar-refractivity contribution in [1.82, 2.24) is 4.57 Å². The first kappa shape index (κ1) is 10.5. The van der Waals surface area contributed by atoms with Crippen LogP contribution in [0.25, 0.3) is 10.9 Å². The Kier molecular flexibility index (Phi) is 2.48. The van der Waals surface area contributed by atoms with Crippen LogP contribution in [-0.2, 0) is 0 Å². The van der Waals surface area contributed by atoms with Gasteiger partial charge in [-0.3, -0.25) is 9.36 Å². The Morgan fingerprint density at radius 2 is 2.20 bits per heavy atom. The Balaban J connectivity index is 2.92. The number of halogens is 2. The zero-order chi connectivity index (χ0) is 11.2. The SMILES string of the molecule is CC(=O)n1cc(O)c2c(Cl)c(Br)ccc21. The summed E-state index contributed by atoms with van der Waals surface area (Å²) >= 11 is 9.28. The van der Waals surface area contributed by atoms with Crippen molar-refractivity contribution in [2.75, 3.05) is 0 Å². The van der Waals surface area contributed by atoms with E-state index in [1.165, 1.54) is 17.7 Å². The predicted octanol–water partition coefficient (Wildman–Crippen LogP) is 3.42. The molecule has 15 heavy (non-hydrogen) atoms. The van der Waals surface area contributed by atoms with Crippen LogP contribution in [0.4, 0.5) is 0 Å². The quantitative estimate of drug-likeness (QED) is 0.807. The van der Waals surface area contributed by atoms with Gasteiger partial charge in [-0.25, -0.2) is 0 Å². The van der Waals surface area contributed by atoms with E-state index in [0.29, 0.717) is 20.4 Å². The van der Waals surface area contributed by atoms with E-state index in [4.69, 9.17) is 11.6 Å². The number of aromatic nitrogens is 1. The highest BCUT2D eigenvalue weighted by molar-refractivity contribution is 9.10. The Bertz CT molecular complexity index is 562. The number of rotatable bonds is 0. The van der Waals surface area contributed by atoms with Gasteiger partial charge >= 0.3 is 0 Å². The van der Waals surface area contributed by atoms with E-state index >= 15 is 0 Å². The van der Waals surface area contributed by atoms with Crippen LogP contribution >= 0.6 is 27.5 Å². The van der Waals surface area contributed by atoms with Gasteiger partial charge in [0.15, 0.2) is 0 Å². The molecule has 0 atom stereocenters. The van der Waals surface area contributed by atoms with Crippen molar-refractivity contribution in [2.24, 2.45) is 0 Å².